The molecule has 0 amide bonds. The number of nitrogens with zero attached hydrogens (tertiary/aromatic N) is 1. The molecule has 0 radical (unpaired) electrons. The van der Waals surface area contributed by atoms with Crippen molar-refractivity contribution >= 4 is 21.6 Å². The second-order valence-corrected chi connectivity index (χ2v) is 6.50. The lowest BCUT2D eigenvalue weighted by molar-refractivity contribution is 0.354. The van der Waals surface area contributed by atoms with Gasteiger partial charge in [-0.25, -0.2) is 4.98 Å². The summed E-state index contributed by atoms with van der Waals surface area (Å²) in [5.74, 6) is 0.921. The quantitative estimate of drug-likeness (QED) is 0.913. The highest BCUT2D eigenvalue weighted by atomic mass is 32.1. The number of nitrogens with one attached hydrogen (secondary N) is 1. The second-order valence-electron chi connectivity index (χ2n) is 5.27. The molecule has 0 unspecified atom stereocenters. The van der Waals surface area contributed by atoms with E-state index < -0.39 is 0 Å². The van der Waals surface area contributed by atoms with Gasteiger partial charge in [0.25, 0.3) is 0 Å². The Kier molecular flexibility index (Phi) is 3.62. The summed E-state index contributed by atoms with van der Waals surface area (Å²) in [6.45, 7) is 4.49. The van der Waals surface area contributed by atoms with Gasteiger partial charge in [-0.3, -0.25) is 0 Å². The van der Waals surface area contributed by atoms with E-state index in [2.05, 4.69) is 35.4 Å². The van der Waals surface area contributed by atoms with Crippen LogP contribution in [-0.2, 0) is 6.42 Å². The van der Waals surface area contributed by atoms with Gasteiger partial charge in [-0.15, -0.1) is 11.3 Å². The fraction of sp³-hybridized carbons (Fsp3) is 0.533. The lowest BCUT2D eigenvalue weighted by atomic mass is 9.91. The van der Waals surface area contributed by atoms with Crippen molar-refractivity contribution in [2.24, 2.45) is 5.92 Å². The maximum absolute atomic E-state index is 4.51. The predicted octanol–water partition coefficient (Wildman–Crippen LogP) is 3.54. The Hall–Kier alpha value is -0.930. The number of rotatable bonds is 3. The van der Waals surface area contributed by atoms with Crippen LogP contribution >= 0.6 is 11.3 Å². The van der Waals surface area contributed by atoms with Crippen molar-refractivity contribution < 1.29 is 0 Å². The minimum Gasteiger partial charge on any atom is -0.317 e. The van der Waals surface area contributed by atoms with E-state index in [0.29, 0.717) is 0 Å². The standard InChI is InChI=1S/C15H20N2S/c1-11-17-14-5-4-13(10-15(14)18-11)3-2-12-6-8-16-9-7-12/h4-5,10,12,16H,2-3,6-9H2,1H3. The smallest absolute Gasteiger partial charge is 0.0907 e. The Morgan fingerprint density at radius 3 is 3.00 bits per heavy atom. The van der Waals surface area contributed by atoms with Crippen LogP contribution in [0.15, 0.2) is 18.2 Å². The highest BCUT2D eigenvalue weighted by molar-refractivity contribution is 7.18. The molecule has 18 heavy (non-hydrogen) atoms. The van der Waals surface area contributed by atoms with Gasteiger partial charge in [-0.2, -0.15) is 0 Å². The van der Waals surface area contributed by atoms with Gasteiger partial charge in [-0.05, 0) is 69.3 Å². The van der Waals surface area contributed by atoms with E-state index in [9.17, 15) is 0 Å². The molecule has 1 saturated heterocycles. The van der Waals surface area contributed by atoms with Crippen LogP contribution in [0.1, 0.15) is 29.8 Å². The monoisotopic (exact) mass is 260 g/mol. The van der Waals surface area contributed by atoms with Crippen LogP contribution in [-0.4, -0.2) is 18.1 Å². The normalized spacial score (nSPS) is 17.4. The molecular weight excluding hydrogens is 240 g/mol. The van der Waals surface area contributed by atoms with E-state index in [1.807, 2.05) is 0 Å². The minimum absolute atomic E-state index is 0.921. The van der Waals surface area contributed by atoms with Crippen molar-refractivity contribution in [3.63, 3.8) is 0 Å². The zero-order chi connectivity index (χ0) is 12.4. The van der Waals surface area contributed by atoms with Crippen molar-refractivity contribution in [3.05, 3.63) is 28.8 Å². The molecule has 1 fully saturated rings. The van der Waals surface area contributed by atoms with Crippen LogP contribution in [0.3, 0.4) is 0 Å². The van der Waals surface area contributed by atoms with Gasteiger partial charge in [0.1, 0.15) is 0 Å². The van der Waals surface area contributed by atoms with Gasteiger partial charge >= 0.3 is 0 Å². The van der Waals surface area contributed by atoms with E-state index in [1.54, 1.807) is 11.3 Å². The predicted molar refractivity (Wildman–Crippen MR) is 78.3 cm³/mol. The fourth-order valence-corrected chi connectivity index (χ4v) is 3.67. The highest BCUT2D eigenvalue weighted by Gasteiger charge is 2.12. The van der Waals surface area contributed by atoms with Crippen LogP contribution in [0.2, 0.25) is 0 Å². The van der Waals surface area contributed by atoms with Crippen LogP contribution in [0, 0.1) is 12.8 Å². The van der Waals surface area contributed by atoms with Crippen molar-refractivity contribution in [3.8, 4) is 0 Å². The molecule has 96 valence electrons. The molecule has 0 spiro atoms. The van der Waals surface area contributed by atoms with Gasteiger partial charge in [0.05, 0.1) is 15.2 Å². The van der Waals surface area contributed by atoms with Crippen molar-refractivity contribution in [2.75, 3.05) is 13.1 Å². The van der Waals surface area contributed by atoms with Gasteiger partial charge < -0.3 is 5.32 Å². The van der Waals surface area contributed by atoms with Crippen LogP contribution in [0.5, 0.6) is 0 Å². The number of thiazole rings is 1. The summed E-state index contributed by atoms with van der Waals surface area (Å²) in [5.41, 5.74) is 2.63. The summed E-state index contributed by atoms with van der Waals surface area (Å²) < 4.78 is 1.34. The molecule has 2 aromatic rings. The number of fused-ring (bicyclic) bond motifs is 1. The number of aryl methyl sites for hydroxylation is 2. The zero-order valence-electron chi connectivity index (χ0n) is 10.9. The molecule has 3 heteroatoms. The third kappa shape index (κ3) is 2.73. The van der Waals surface area contributed by atoms with Gasteiger partial charge in [0.2, 0.25) is 0 Å². The van der Waals surface area contributed by atoms with E-state index >= 15 is 0 Å². The van der Waals surface area contributed by atoms with Gasteiger partial charge in [-0.1, -0.05) is 6.07 Å². The van der Waals surface area contributed by atoms with Gasteiger partial charge in [0.15, 0.2) is 0 Å². The number of aromatic nitrogens is 1. The van der Waals surface area contributed by atoms with Crippen molar-refractivity contribution in [1.82, 2.24) is 10.3 Å². The van der Waals surface area contributed by atoms with Crippen molar-refractivity contribution in [1.29, 1.82) is 0 Å². The van der Waals surface area contributed by atoms with Crippen molar-refractivity contribution in [2.45, 2.75) is 32.6 Å². The number of benzene rings is 1. The van der Waals surface area contributed by atoms with Gasteiger partial charge in [0, 0.05) is 0 Å². The molecule has 0 aliphatic carbocycles. The number of piperidine rings is 1. The summed E-state index contributed by atoms with van der Waals surface area (Å²) >= 11 is 1.81. The summed E-state index contributed by atoms with van der Waals surface area (Å²) in [7, 11) is 0. The van der Waals surface area contributed by atoms with Crippen LogP contribution < -0.4 is 5.32 Å². The Bertz CT molecular complexity index is 526. The molecule has 3 rings (SSSR count). The Labute approximate surface area is 112 Å². The maximum Gasteiger partial charge on any atom is 0.0907 e. The Morgan fingerprint density at radius 1 is 1.33 bits per heavy atom. The fourth-order valence-electron chi connectivity index (χ4n) is 2.78. The third-order valence-corrected chi connectivity index (χ3v) is 4.79. The van der Waals surface area contributed by atoms with E-state index in [4.69, 9.17) is 0 Å². The summed E-state index contributed by atoms with van der Waals surface area (Å²) in [5, 5.41) is 4.60. The molecular formula is C15H20N2S. The third-order valence-electron chi connectivity index (χ3n) is 3.86. The molecule has 1 aromatic heterocycles. The average molecular weight is 260 g/mol. The minimum atomic E-state index is 0.921. The SMILES string of the molecule is Cc1nc2ccc(CCC3CCNCC3)cc2s1. The summed E-state index contributed by atoms with van der Waals surface area (Å²) in [6, 6.07) is 6.76. The van der Waals surface area contributed by atoms with E-state index in [-0.39, 0.29) is 0 Å². The molecule has 1 aromatic carbocycles. The lowest BCUT2D eigenvalue weighted by Gasteiger charge is -2.22. The summed E-state index contributed by atoms with van der Waals surface area (Å²) in [4.78, 5) is 4.51. The molecule has 0 saturated carbocycles. The number of hydrogen-bond donors (Lipinski definition) is 1. The molecule has 0 bridgehead atoms. The molecule has 1 N–H and O–H groups in total. The Morgan fingerprint density at radius 2 is 2.17 bits per heavy atom. The first-order valence-corrected chi connectivity index (χ1v) is 7.70. The first kappa shape index (κ1) is 12.1. The molecule has 2 nitrogen and oxygen atoms in total. The average Bonchev–Trinajstić information content (AvgIpc) is 2.77. The molecule has 1 aliphatic heterocycles. The Balaban J connectivity index is 1.66. The van der Waals surface area contributed by atoms with E-state index in [0.717, 1.165) is 11.4 Å². The zero-order valence-corrected chi connectivity index (χ0v) is 11.7. The molecule has 0 atom stereocenters. The largest absolute Gasteiger partial charge is 0.317 e. The van der Waals surface area contributed by atoms with Crippen LogP contribution in [0.25, 0.3) is 10.2 Å². The second kappa shape index (κ2) is 5.37. The van der Waals surface area contributed by atoms with Crippen LogP contribution in [0.4, 0.5) is 0 Å². The van der Waals surface area contributed by atoms with E-state index in [1.165, 1.54) is 54.0 Å². The molecule has 1 aliphatic rings. The first-order chi connectivity index (χ1) is 8.81. The topological polar surface area (TPSA) is 24.9 Å². The number of hydrogen-bond acceptors (Lipinski definition) is 3. The first-order valence-electron chi connectivity index (χ1n) is 6.88. The highest BCUT2D eigenvalue weighted by Crippen LogP contribution is 2.24. The lowest BCUT2D eigenvalue weighted by Crippen LogP contribution is -2.27. The molecule has 2 heterocycles. The summed E-state index contributed by atoms with van der Waals surface area (Å²) in [6.07, 6.45) is 5.26. The maximum atomic E-state index is 4.51.